The highest BCUT2D eigenvalue weighted by Crippen LogP contribution is 2.25. The summed E-state index contributed by atoms with van der Waals surface area (Å²) in [6.07, 6.45) is 37.0. The predicted octanol–water partition coefficient (Wildman–Crippen LogP) is 14.1. The Labute approximate surface area is 346 Å². The Morgan fingerprint density at radius 1 is 0.411 bits per heavy atom. The largest absolute Gasteiger partial charge is 0.493 e. The molecular formula is C49H89NO6. The van der Waals surface area contributed by atoms with Gasteiger partial charge in [0.05, 0.1) is 26.4 Å². The van der Waals surface area contributed by atoms with Crippen molar-refractivity contribution in [2.75, 3.05) is 40.5 Å². The zero-order chi connectivity index (χ0) is 40.6. The second-order valence-electron chi connectivity index (χ2n) is 16.6. The van der Waals surface area contributed by atoms with Gasteiger partial charge in [0.2, 0.25) is 0 Å². The first-order chi connectivity index (χ1) is 27.4. The van der Waals surface area contributed by atoms with E-state index < -0.39 is 0 Å². The third-order valence-corrected chi connectivity index (χ3v) is 10.5. The van der Waals surface area contributed by atoms with Crippen molar-refractivity contribution >= 4 is 11.9 Å². The van der Waals surface area contributed by atoms with E-state index in [4.69, 9.17) is 18.9 Å². The molecule has 0 atom stereocenters. The lowest BCUT2D eigenvalue weighted by molar-refractivity contribution is -0.144. The molecule has 0 aliphatic heterocycles. The smallest absolute Gasteiger partial charge is 0.305 e. The molecule has 7 heteroatoms. The Balaban J connectivity index is 2.05. The Bertz CT molecular complexity index is 1030. The molecular weight excluding hydrogens is 699 g/mol. The maximum atomic E-state index is 12.0. The number of carbonyl (C=O) groups is 2. The summed E-state index contributed by atoms with van der Waals surface area (Å²) in [7, 11) is 4.18. The van der Waals surface area contributed by atoms with Crippen molar-refractivity contribution in [1.29, 1.82) is 0 Å². The summed E-state index contributed by atoms with van der Waals surface area (Å²) in [5.41, 5.74) is 1.21. The number of rotatable bonds is 42. The molecule has 0 saturated heterocycles. The van der Waals surface area contributed by atoms with E-state index in [0.29, 0.717) is 26.1 Å². The summed E-state index contributed by atoms with van der Waals surface area (Å²) in [6.45, 7) is 7.94. The van der Waals surface area contributed by atoms with Gasteiger partial charge in [0.15, 0.2) is 0 Å². The molecule has 0 aliphatic rings. The van der Waals surface area contributed by atoms with Crippen molar-refractivity contribution in [3.8, 4) is 11.5 Å². The number of hydrogen-bond donors (Lipinski definition) is 0. The van der Waals surface area contributed by atoms with Crippen molar-refractivity contribution in [1.82, 2.24) is 4.90 Å². The van der Waals surface area contributed by atoms with Crippen LogP contribution < -0.4 is 9.47 Å². The van der Waals surface area contributed by atoms with E-state index in [9.17, 15) is 9.59 Å². The number of unbranched alkanes of at least 4 members (excludes halogenated alkanes) is 26. The first-order valence-electron chi connectivity index (χ1n) is 23.8. The second kappa shape index (κ2) is 39.5. The summed E-state index contributed by atoms with van der Waals surface area (Å²) < 4.78 is 23.3. The molecule has 0 aromatic heterocycles. The Kier molecular flexibility index (Phi) is 36.5. The minimum Gasteiger partial charge on any atom is -0.493 e. The van der Waals surface area contributed by atoms with Gasteiger partial charge in [0.1, 0.15) is 11.5 Å². The van der Waals surface area contributed by atoms with Gasteiger partial charge in [-0.05, 0) is 70.3 Å². The lowest BCUT2D eigenvalue weighted by Gasteiger charge is -2.15. The van der Waals surface area contributed by atoms with Crippen LogP contribution in [0.3, 0.4) is 0 Å². The zero-order valence-corrected chi connectivity index (χ0v) is 37.3. The van der Waals surface area contributed by atoms with Crippen LogP contribution in [0.1, 0.15) is 225 Å². The fraction of sp³-hybridized carbons (Fsp3) is 0.837. The molecule has 0 radical (unpaired) electrons. The lowest BCUT2D eigenvalue weighted by atomic mass is 10.1. The third kappa shape index (κ3) is 34.9. The van der Waals surface area contributed by atoms with Gasteiger partial charge in [-0.1, -0.05) is 168 Å². The second-order valence-corrected chi connectivity index (χ2v) is 16.6. The van der Waals surface area contributed by atoms with E-state index in [-0.39, 0.29) is 11.9 Å². The molecule has 0 N–H and O–H groups in total. The molecule has 1 rings (SSSR count). The van der Waals surface area contributed by atoms with E-state index in [2.05, 4.69) is 45.0 Å². The van der Waals surface area contributed by atoms with Crippen LogP contribution in [0, 0.1) is 0 Å². The van der Waals surface area contributed by atoms with Crippen LogP contribution in [0.5, 0.6) is 11.5 Å². The fourth-order valence-electron chi connectivity index (χ4n) is 7.13. The normalized spacial score (nSPS) is 11.3. The van der Waals surface area contributed by atoms with E-state index in [1.807, 2.05) is 6.07 Å². The maximum absolute atomic E-state index is 12.0. The van der Waals surface area contributed by atoms with Gasteiger partial charge >= 0.3 is 11.9 Å². The number of benzene rings is 1. The summed E-state index contributed by atoms with van der Waals surface area (Å²) in [5.74, 6) is 1.76. The van der Waals surface area contributed by atoms with Gasteiger partial charge < -0.3 is 23.8 Å². The van der Waals surface area contributed by atoms with E-state index in [0.717, 1.165) is 95.5 Å². The number of nitrogens with zero attached hydrogens (tertiary/aromatic N) is 1. The summed E-state index contributed by atoms with van der Waals surface area (Å²) in [4.78, 5) is 26.1. The van der Waals surface area contributed by atoms with Crippen LogP contribution in [-0.4, -0.2) is 57.4 Å². The molecule has 0 aliphatic carbocycles. The number of hydrogen-bond acceptors (Lipinski definition) is 7. The molecule has 0 amide bonds. The monoisotopic (exact) mass is 788 g/mol. The van der Waals surface area contributed by atoms with Gasteiger partial charge in [0.25, 0.3) is 0 Å². The average Bonchev–Trinajstić information content (AvgIpc) is 3.17. The minimum absolute atomic E-state index is 0.0150. The SMILES string of the molecule is CCCCCCCCCCCC(=O)OCCCCCCCCCOc1cc(CN(C)C)cc(OCCCCCCCCCOC(=O)CCCCCCCCC)c1. The Morgan fingerprint density at radius 2 is 0.714 bits per heavy atom. The Hall–Kier alpha value is -2.28. The van der Waals surface area contributed by atoms with Crippen molar-refractivity contribution in [3.05, 3.63) is 23.8 Å². The Morgan fingerprint density at radius 3 is 1.05 bits per heavy atom. The van der Waals surface area contributed by atoms with Crippen molar-refractivity contribution in [2.24, 2.45) is 0 Å². The fourth-order valence-corrected chi connectivity index (χ4v) is 7.13. The van der Waals surface area contributed by atoms with Gasteiger partial charge in [0, 0.05) is 25.5 Å². The minimum atomic E-state index is -0.0188. The molecule has 326 valence electrons. The molecule has 56 heavy (non-hydrogen) atoms. The van der Waals surface area contributed by atoms with Crippen molar-refractivity contribution in [2.45, 2.75) is 226 Å². The van der Waals surface area contributed by atoms with Gasteiger partial charge in [-0.2, -0.15) is 0 Å². The highest BCUT2D eigenvalue weighted by molar-refractivity contribution is 5.69. The van der Waals surface area contributed by atoms with Gasteiger partial charge in [-0.15, -0.1) is 0 Å². The summed E-state index contributed by atoms with van der Waals surface area (Å²) in [5, 5.41) is 0. The van der Waals surface area contributed by atoms with E-state index >= 15 is 0 Å². The molecule has 1 aromatic carbocycles. The first kappa shape index (κ1) is 51.7. The topological polar surface area (TPSA) is 74.3 Å². The molecule has 0 unspecified atom stereocenters. The highest BCUT2D eigenvalue weighted by Gasteiger charge is 2.07. The molecule has 0 bridgehead atoms. The van der Waals surface area contributed by atoms with Crippen LogP contribution in [-0.2, 0) is 25.6 Å². The number of esters is 2. The van der Waals surface area contributed by atoms with Gasteiger partial charge in [-0.25, -0.2) is 0 Å². The van der Waals surface area contributed by atoms with Crippen LogP contribution in [0.25, 0.3) is 0 Å². The van der Waals surface area contributed by atoms with Crippen molar-refractivity contribution < 1.29 is 28.5 Å². The van der Waals surface area contributed by atoms with E-state index in [1.54, 1.807) is 0 Å². The molecule has 0 heterocycles. The van der Waals surface area contributed by atoms with Crippen LogP contribution in [0.4, 0.5) is 0 Å². The first-order valence-corrected chi connectivity index (χ1v) is 23.8. The predicted molar refractivity (Wildman–Crippen MR) is 236 cm³/mol. The average molecular weight is 788 g/mol. The molecule has 0 spiro atoms. The summed E-state index contributed by atoms with van der Waals surface area (Å²) in [6, 6.07) is 6.34. The third-order valence-electron chi connectivity index (χ3n) is 10.5. The van der Waals surface area contributed by atoms with E-state index in [1.165, 1.54) is 134 Å². The van der Waals surface area contributed by atoms with Crippen LogP contribution >= 0.6 is 0 Å². The molecule has 0 fully saturated rings. The number of ether oxygens (including phenoxy) is 4. The lowest BCUT2D eigenvalue weighted by Crippen LogP contribution is -2.11. The maximum Gasteiger partial charge on any atom is 0.305 e. The van der Waals surface area contributed by atoms with Crippen LogP contribution in [0.15, 0.2) is 18.2 Å². The van der Waals surface area contributed by atoms with Crippen LogP contribution in [0.2, 0.25) is 0 Å². The number of carbonyl (C=O) groups excluding carboxylic acids is 2. The molecule has 7 nitrogen and oxygen atoms in total. The zero-order valence-electron chi connectivity index (χ0n) is 37.3. The quantitative estimate of drug-likeness (QED) is 0.0482. The standard InChI is InChI=1S/C49H89NO6/c1-5-7-9-11-13-14-18-24-30-36-49(52)56-40-34-28-22-16-20-26-32-38-54-47-42-45(44-50(3)4)41-46(43-47)53-37-31-25-19-15-21-27-33-39-55-48(51)35-29-23-17-12-10-8-6-2/h41-43H,5-40,44H2,1-4H3. The molecule has 0 saturated carbocycles. The summed E-state index contributed by atoms with van der Waals surface area (Å²) >= 11 is 0. The highest BCUT2D eigenvalue weighted by atomic mass is 16.5. The van der Waals surface area contributed by atoms with Crippen molar-refractivity contribution in [3.63, 3.8) is 0 Å². The van der Waals surface area contributed by atoms with Gasteiger partial charge in [-0.3, -0.25) is 9.59 Å². The molecule has 1 aromatic rings.